The van der Waals surface area contributed by atoms with Crippen molar-refractivity contribution < 1.29 is 9.53 Å². The molecule has 0 bridgehead atoms. The van der Waals surface area contributed by atoms with E-state index in [4.69, 9.17) is 10.5 Å². The third-order valence-corrected chi connectivity index (χ3v) is 2.54. The number of fused-ring (bicyclic) bond motifs is 1. The SMILES string of the molecule is CCOC(=O)C1C(N)=C2NC=CN=C2N1C. The van der Waals surface area contributed by atoms with E-state index in [1.807, 2.05) is 0 Å². The van der Waals surface area contributed by atoms with E-state index in [0.717, 1.165) is 0 Å². The first-order valence-electron chi connectivity index (χ1n) is 5.05. The lowest BCUT2D eigenvalue weighted by Gasteiger charge is -2.21. The molecule has 0 amide bonds. The van der Waals surface area contributed by atoms with Crippen molar-refractivity contribution in [3.63, 3.8) is 0 Å². The highest BCUT2D eigenvalue weighted by Gasteiger charge is 2.39. The number of likely N-dealkylation sites (N-methyl/N-ethyl adjacent to an activating group) is 1. The second-order valence-electron chi connectivity index (χ2n) is 3.51. The molecule has 6 heteroatoms. The second-order valence-corrected chi connectivity index (χ2v) is 3.51. The minimum absolute atomic E-state index is 0.337. The maximum Gasteiger partial charge on any atom is 0.335 e. The van der Waals surface area contributed by atoms with Gasteiger partial charge in [-0.15, -0.1) is 0 Å². The Labute approximate surface area is 93.5 Å². The number of rotatable bonds is 2. The zero-order chi connectivity index (χ0) is 11.7. The molecular formula is C10H14N4O2. The number of nitrogens with one attached hydrogen (secondary N) is 1. The van der Waals surface area contributed by atoms with Crippen molar-refractivity contribution in [2.24, 2.45) is 10.7 Å². The lowest BCUT2D eigenvalue weighted by atomic mass is 10.2. The van der Waals surface area contributed by atoms with E-state index in [0.29, 0.717) is 23.8 Å². The summed E-state index contributed by atoms with van der Waals surface area (Å²) in [5, 5.41) is 2.98. The van der Waals surface area contributed by atoms with Gasteiger partial charge in [-0.1, -0.05) is 0 Å². The molecule has 0 spiro atoms. The maximum atomic E-state index is 11.7. The molecule has 0 aromatic carbocycles. The lowest BCUT2D eigenvalue weighted by molar-refractivity contribution is -0.146. The summed E-state index contributed by atoms with van der Waals surface area (Å²) in [4.78, 5) is 17.6. The van der Waals surface area contributed by atoms with E-state index in [9.17, 15) is 4.79 Å². The summed E-state index contributed by atoms with van der Waals surface area (Å²) in [5.41, 5.74) is 7.05. The first-order valence-corrected chi connectivity index (χ1v) is 5.05. The Kier molecular flexibility index (Phi) is 2.55. The third-order valence-electron chi connectivity index (χ3n) is 2.54. The number of carbonyl (C=O) groups excluding carboxylic acids is 1. The Morgan fingerprint density at radius 3 is 3.12 bits per heavy atom. The molecule has 0 aromatic heterocycles. The number of hydrogen-bond donors (Lipinski definition) is 2. The normalized spacial score (nSPS) is 22.8. The Morgan fingerprint density at radius 2 is 2.50 bits per heavy atom. The van der Waals surface area contributed by atoms with E-state index >= 15 is 0 Å². The molecule has 2 aliphatic rings. The minimum atomic E-state index is -0.582. The fraction of sp³-hybridized carbons (Fsp3) is 0.400. The van der Waals surface area contributed by atoms with Crippen LogP contribution in [0.4, 0.5) is 0 Å². The Bertz CT molecular complexity index is 411. The average molecular weight is 222 g/mol. The highest BCUT2D eigenvalue weighted by molar-refractivity contribution is 6.06. The van der Waals surface area contributed by atoms with Crippen molar-refractivity contribution >= 4 is 11.8 Å². The molecule has 0 aromatic rings. The van der Waals surface area contributed by atoms with E-state index in [-0.39, 0.29) is 5.97 Å². The number of ether oxygens (including phenoxy) is 1. The number of esters is 1. The van der Waals surface area contributed by atoms with Crippen LogP contribution in [0.5, 0.6) is 0 Å². The molecule has 0 saturated carbocycles. The van der Waals surface area contributed by atoms with Gasteiger partial charge in [0.25, 0.3) is 0 Å². The molecule has 0 fully saturated rings. The van der Waals surface area contributed by atoms with Crippen molar-refractivity contribution in [3.05, 3.63) is 23.8 Å². The van der Waals surface area contributed by atoms with Crippen LogP contribution in [0.1, 0.15) is 6.92 Å². The molecule has 1 atom stereocenters. The number of hydrogen-bond acceptors (Lipinski definition) is 6. The van der Waals surface area contributed by atoms with E-state index < -0.39 is 6.04 Å². The molecule has 0 aliphatic carbocycles. The summed E-state index contributed by atoms with van der Waals surface area (Å²) in [5.74, 6) is 0.312. The van der Waals surface area contributed by atoms with Crippen LogP contribution in [-0.2, 0) is 9.53 Å². The molecule has 2 heterocycles. The Balaban J connectivity index is 2.31. The van der Waals surface area contributed by atoms with Crippen LogP contribution < -0.4 is 11.1 Å². The highest BCUT2D eigenvalue weighted by atomic mass is 16.5. The van der Waals surface area contributed by atoms with Crippen LogP contribution in [0.15, 0.2) is 28.8 Å². The van der Waals surface area contributed by atoms with E-state index in [1.165, 1.54) is 0 Å². The first kappa shape index (κ1) is 10.5. The third kappa shape index (κ3) is 1.42. The van der Waals surface area contributed by atoms with Crippen molar-refractivity contribution in [1.29, 1.82) is 0 Å². The number of nitrogens with two attached hydrogens (primary N) is 1. The molecule has 1 unspecified atom stereocenters. The molecule has 0 saturated heterocycles. The van der Waals surface area contributed by atoms with Gasteiger partial charge < -0.3 is 20.7 Å². The number of aliphatic imine (C=N–C) groups is 1. The van der Waals surface area contributed by atoms with Gasteiger partial charge in [0.15, 0.2) is 11.9 Å². The van der Waals surface area contributed by atoms with E-state index in [1.54, 1.807) is 31.3 Å². The molecule has 2 rings (SSSR count). The van der Waals surface area contributed by atoms with Gasteiger partial charge in [-0.2, -0.15) is 0 Å². The summed E-state index contributed by atoms with van der Waals surface area (Å²) in [6.45, 7) is 2.10. The fourth-order valence-electron chi connectivity index (χ4n) is 1.81. The zero-order valence-electron chi connectivity index (χ0n) is 9.23. The molecular weight excluding hydrogens is 208 g/mol. The van der Waals surface area contributed by atoms with Crippen molar-refractivity contribution in [2.45, 2.75) is 13.0 Å². The maximum absolute atomic E-state index is 11.7. The Morgan fingerprint density at radius 1 is 1.75 bits per heavy atom. The fourth-order valence-corrected chi connectivity index (χ4v) is 1.81. The smallest absolute Gasteiger partial charge is 0.335 e. The van der Waals surface area contributed by atoms with Gasteiger partial charge in [0.1, 0.15) is 5.70 Å². The monoisotopic (exact) mass is 222 g/mol. The molecule has 16 heavy (non-hydrogen) atoms. The number of carbonyl (C=O) groups is 1. The topological polar surface area (TPSA) is 79.9 Å². The largest absolute Gasteiger partial charge is 0.464 e. The molecule has 2 aliphatic heterocycles. The van der Waals surface area contributed by atoms with Crippen LogP contribution in [0.2, 0.25) is 0 Å². The van der Waals surface area contributed by atoms with E-state index in [2.05, 4.69) is 10.3 Å². The van der Waals surface area contributed by atoms with Gasteiger partial charge in [-0.25, -0.2) is 9.79 Å². The van der Waals surface area contributed by atoms with Crippen molar-refractivity contribution in [2.75, 3.05) is 13.7 Å². The van der Waals surface area contributed by atoms with Crippen LogP contribution in [0.25, 0.3) is 0 Å². The highest BCUT2D eigenvalue weighted by Crippen LogP contribution is 2.23. The zero-order valence-corrected chi connectivity index (χ0v) is 9.23. The van der Waals surface area contributed by atoms with Crippen molar-refractivity contribution in [3.8, 4) is 0 Å². The van der Waals surface area contributed by atoms with Gasteiger partial charge in [0.05, 0.1) is 12.3 Å². The second kappa shape index (κ2) is 3.88. The number of nitrogens with zero attached hydrogens (tertiary/aromatic N) is 2. The summed E-state index contributed by atoms with van der Waals surface area (Å²) >= 11 is 0. The van der Waals surface area contributed by atoms with Crippen molar-refractivity contribution in [1.82, 2.24) is 10.2 Å². The summed E-state index contributed by atoms with van der Waals surface area (Å²) in [6.07, 6.45) is 3.29. The minimum Gasteiger partial charge on any atom is -0.464 e. The molecule has 0 radical (unpaired) electrons. The van der Waals surface area contributed by atoms with Gasteiger partial charge in [-0.05, 0) is 6.92 Å². The lowest BCUT2D eigenvalue weighted by Crippen LogP contribution is -2.41. The predicted molar refractivity (Wildman–Crippen MR) is 59.1 cm³/mol. The molecule has 6 nitrogen and oxygen atoms in total. The van der Waals surface area contributed by atoms with Crippen LogP contribution in [0, 0.1) is 0 Å². The molecule has 3 N–H and O–H groups in total. The van der Waals surface area contributed by atoms with Gasteiger partial charge in [0, 0.05) is 19.4 Å². The van der Waals surface area contributed by atoms with Crippen LogP contribution >= 0.6 is 0 Å². The standard InChI is InChI=1S/C10H14N4O2/c1-3-16-10(15)8-6(11)7-9(14(8)2)13-5-4-12-7/h4-5,8,12H,3,11H2,1-2H3. The molecule has 86 valence electrons. The van der Waals surface area contributed by atoms with Gasteiger partial charge in [-0.3, -0.25) is 0 Å². The van der Waals surface area contributed by atoms with Gasteiger partial charge in [0.2, 0.25) is 0 Å². The van der Waals surface area contributed by atoms with Crippen LogP contribution in [-0.4, -0.2) is 36.4 Å². The van der Waals surface area contributed by atoms with Gasteiger partial charge >= 0.3 is 5.97 Å². The quantitative estimate of drug-likeness (QED) is 0.616. The number of amidine groups is 1. The summed E-state index contributed by atoms with van der Waals surface area (Å²) in [7, 11) is 1.76. The summed E-state index contributed by atoms with van der Waals surface area (Å²) in [6, 6.07) is -0.582. The Hall–Kier alpha value is -1.98. The predicted octanol–water partition coefficient (Wildman–Crippen LogP) is -0.493. The first-order chi connectivity index (χ1) is 7.66. The van der Waals surface area contributed by atoms with Crippen LogP contribution in [0.3, 0.4) is 0 Å². The average Bonchev–Trinajstić information content (AvgIpc) is 2.53. The summed E-state index contributed by atoms with van der Waals surface area (Å²) < 4.78 is 4.97.